The zero-order valence-electron chi connectivity index (χ0n) is 8.26. The van der Waals surface area contributed by atoms with Crippen LogP contribution in [0.5, 0.6) is 0 Å². The first kappa shape index (κ1) is 10.5. The fourth-order valence-corrected chi connectivity index (χ4v) is 1.34. The molecule has 0 saturated heterocycles. The highest BCUT2D eigenvalue weighted by Gasteiger charge is 2.10. The van der Waals surface area contributed by atoms with Crippen molar-refractivity contribution in [1.82, 2.24) is 4.98 Å². The fraction of sp³-hybridized carbons (Fsp3) is 0.400. The molecule has 0 aliphatic carbocycles. The van der Waals surface area contributed by atoms with Crippen molar-refractivity contribution < 1.29 is 9.90 Å². The van der Waals surface area contributed by atoms with Crippen molar-refractivity contribution in [3.05, 3.63) is 33.2 Å². The second kappa shape index (κ2) is 4.09. The zero-order valence-corrected chi connectivity index (χ0v) is 8.26. The summed E-state index contributed by atoms with van der Waals surface area (Å²) in [5.41, 5.74) is 0.931. The molecule has 4 nitrogen and oxygen atoms in total. The minimum atomic E-state index is -1.00. The van der Waals surface area contributed by atoms with Crippen LogP contribution in [-0.4, -0.2) is 16.1 Å². The van der Waals surface area contributed by atoms with Crippen LogP contribution in [0.3, 0.4) is 0 Å². The number of nitrogens with one attached hydrogen (secondary N) is 1. The smallest absolute Gasteiger partial charge is 0.337 e. The lowest BCUT2D eigenvalue weighted by atomic mass is 10.1. The molecule has 0 aromatic carbocycles. The summed E-state index contributed by atoms with van der Waals surface area (Å²) in [7, 11) is 0. The van der Waals surface area contributed by atoms with Gasteiger partial charge in [0.2, 0.25) is 0 Å². The number of rotatable bonds is 3. The van der Waals surface area contributed by atoms with Gasteiger partial charge in [0.15, 0.2) is 0 Å². The third-order valence-electron chi connectivity index (χ3n) is 2.07. The molecule has 0 atom stereocenters. The highest BCUT2D eigenvalue weighted by Crippen LogP contribution is 2.06. The number of hydrogen-bond acceptors (Lipinski definition) is 2. The summed E-state index contributed by atoms with van der Waals surface area (Å²) in [6.07, 6.45) is 1.43. The number of carboxylic acid groups (broad SMARTS) is 1. The van der Waals surface area contributed by atoms with Crippen molar-refractivity contribution in [3.8, 4) is 0 Å². The van der Waals surface area contributed by atoms with Gasteiger partial charge in [-0.05, 0) is 19.4 Å². The predicted octanol–water partition coefficient (Wildman–Crippen LogP) is 1.33. The van der Waals surface area contributed by atoms with E-state index in [1.807, 2.05) is 6.92 Å². The molecule has 0 spiro atoms. The molecule has 2 N–H and O–H groups in total. The van der Waals surface area contributed by atoms with E-state index in [0.29, 0.717) is 17.7 Å². The summed E-state index contributed by atoms with van der Waals surface area (Å²) in [5, 5.41) is 8.83. The van der Waals surface area contributed by atoms with Gasteiger partial charge in [-0.1, -0.05) is 13.3 Å². The van der Waals surface area contributed by atoms with Crippen LogP contribution < -0.4 is 5.56 Å². The third kappa shape index (κ3) is 2.02. The summed E-state index contributed by atoms with van der Waals surface area (Å²) in [6, 6.07) is 1.46. The van der Waals surface area contributed by atoms with E-state index < -0.39 is 5.97 Å². The number of aryl methyl sites for hydroxylation is 2. The molecule has 1 rings (SSSR count). The lowest BCUT2D eigenvalue weighted by molar-refractivity contribution is 0.0695. The first-order valence-electron chi connectivity index (χ1n) is 4.52. The molecule has 0 radical (unpaired) electrons. The summed E-state index contributed by atoms with van der Waals surface area (Å²) < 4.78 is 0. The van der Waals surface area contributed by atoms with Crippen molar-refractivity contribution in [2.45, 2.75) is 26.7 Å². The first-order valence-corrected chi connectivity index (χ1v) is 4.52. The Labute approximate surface area is 81.6 Å². The van der Waals surface area contributed by atoms with E-state index in [4.69, 9.17) is 5.11 Å². The SMILES string of the molecule is CCCc1cc(C(=O)O)c(C)[nH]c1=O. The van der Waals surface area contributed by atoms with E-state index in [1.165, 1.54) is 6.07 Å². The molecule has 0 fully saturated rings. The van der Waals surface area contributed by atoms with E-state index in [9.17, 15) is 9.59 Å². The molecule has 4 heteroatoms. The molecule has 0 aliphatic rings. The Kier molecular flexibility index (Phi) is 3.06. The molecule has 0 amide bonds. The van der Waals surface area contributed by atoms with Crippen LogP contribution in [0.25, 0.3) is 0 Å². The average molecular weight is 195 g/mol. The number of pyridine rings is 1. The molecule has 14 heavy (non-hydrogen) atoms. The van der Waals surface area contributed by atoms with Gasteiger partial charge in [-0.3, -0.25) is 4.79 Å². The Morgan fingerprint density at radius 3 is 2.71 bits per heavy atom. The van der Waals surface area contributed by atoms with Gasteiger partial charge < -0.3 is 10.1 Å². The molecule has 0 bridgehead atoms. The van der Waals surface area contributed by atoms with Crippen molar-refractivity contribution >= 4 is 5.97 Å². The Morgan fingerprint density at radius 2 is 2.21 bits per heavy atom. The van der Waals surface area contributed by atoms with Gasteiger partial charge in [-0.2, -0.15) is 0 Å². The van der Waals surface area contributed by atoms with E-state index in [2.05, 4.69) is 4.98 Å². The molecular formula is C10H13NO3. The number of aromatic amines is 1. The lowest BCUT2D eigenvalue weighted by Gasteiger charge is -2.03. The number of hydrogen-bond donors (Lipinski definition) is 2. The fourth-order valence-electron chi connectivity index (χ4n) is 1.34. The van der Waals surface area contributed by atoms with Crippen LogP contribution in [0.2, 0.25) is 0 Å². The topological polar surface area (TPSA) is 70.2 Å². The summed E-state index contributed by atoms with van der Waals surface area (Å²) in [6.45, 7) is 3.53. The van der Waals surface area contributed by atoms with Gasteiger partial charge in [-0.15, -0.1) is 0 Å². The third-order valence-corrected chi connectivity index (χ3v) is 2.07. The minimum Gasteiger partial charge on any atom is -0.478 e. The van der Waals surface area contributed by atoms with E-state index in [1.54, 1.807) is 6.92 Å². The van der Waals surface area contributed by atoms with Crippen molar-refractivity contribution in [3.63, 3.8) is 0 Å². The maximum Gasteiger partial charge on any atom is 0.337 e. The largest absolute Gasteiger partial charge is 0.478 e. The normalized spacial score (nSPS) is 10.1. The van der Waals surface area contributed by atoms with Gasteiger partial charge >= 0.3 is 5.97 Å². The Bertz CT molecular complexity index is 406. The van der Waals surface area contributed by atoms with Gasteiger partial charge in [-0.25, -0.2) is 4.79 Å². The summed E-state index contributed by atoms with van der Waals surface area (Å²) >= 11 is 0. The number of aromatic carboxylic acids is 1. The monoisotopic (exact) mass is 195 g/mol. The number of carbonyl (C=O) groups is 1. The Hall–Kier alpha value is -1.58. The molecule has 1 aromatic rings. The number of H-pyrrole nitrogens is 1. The van der Waals surface area contributed by atoms with Crippen LogP contribution in [0.1, 0.15) is 35.0 Å². The first-order chi connectivity index (χ1) is 6.56. The van der Waals surface area contributed by atoms with Crippen molar-refractivity contribution in [2.75, 3.05) is 0 Å². The minimum absolute atomic E-state index is 0.174. The number of carboxylic acids is 1. The maximum absolute atomic E-state index is 11.4. The van der Waals surface area contributed by atoms with Crippen LogP contribution >= 0.6 is 0 Å². The molecule has 0 unspecified atom stereocenters. The molecule has 1 heterocycles. The van der Waals surface area contributed by atoms with Gasteiger partial charge in [0.05, 0.1) is 5.56 Å². The van der Waals surface area contributed by atoms with Gasteiger partial charge in [0, 0.05) is 11.3 Å². The van der Waals surface area contributed by atoms with Crippen LogP contribution in [-0.2, 0) is 6.42 Å². The lowest BCUT2D eigenvalue weighted by Crippen LogP contribution is -2.17. The summed E-state index contributed by atoms with van der Waals surface area (Å²) in [4.78, 5) is 24.7. The van der Waals surface area contributed by atoms with E-state index in [0.717, 1.165) is 6.42 Å². The standard InChI is InChI=1S/C10H13NO3/c1-3-4-7-5-8(10(13)14)6(2)11-9(7)12/h5H,3-4H2,1-2H3,(H,11,12)(H,13,14). The van der Waals surface area contributed by atoms with E-state index in [-0.39, 0.29) is 11.1 Å². The molecular weight excluding hydrogens is 182 g/mol. The molecule has 76 valence electrons. The van der Waals surface area contributed by atoms with Gasteiger partial charge in [0.1, 0.15) is 0 Å². The average Bonchev–Trinajstić information content (AvgIpc) is 2.09. The second-order valence-corrected chi connectivity index (χ2v) is 3.22. The molecule has 0 saturated carbocycles. The van der Waals surface area contributed by atoms with Crippen molar-refractivity contribution in [1.29, 1.82) is 0 Å². The van der Waals surface area contributed by atoms with Crippen LogP contribution in [0.15, 0.2) is 10.9 Å². The molecule has 0 aliphatic heterocycles. The second-order valence-electron chi connectivity index (χ2n) is 3.22. The van der Waals surface area contributed by atoms with Crippen LogP contribution in [0, 0.1) is 6.92 Å². The number of aromatic nitrogens is 1. The van der Waals surface area contributed by atoms with E-state index >= 15 is 0 Å². The zero-order chi connectivity index (χ0) is 10.7. The maximum atomic E-state index is 11.4. The quantitative estimate of drug-likeness (QED) is 0.764. The summed E-state index contributed by atoms with van der Waals surface area (Å²) in [5.74, 6) is -1.00. The van der Waals surface area contributed by atoms with Crippen molar-refractivity contribution in [2.24, 2.45) is 0 Å². The Balaban J connectivity index is 3.27. The Morgan fingerprint density at radius 1 is 1.57 bits per heavy atom. The predicted molar refractivity (Wildman–Crippen MR) is 52.8 cm³/mol. The van der Waals surface area contributed by atoms with Crippen LogP contribution in [0.4, 0.5) is 0 Å². The highest BCUT2D eigenvalue weighted by atomic mass is 16.4. The highest BCUT2D eigenvalue weighted by molar-refractivity contribution is 5.88. The van der Waals surface area contributed by atoms with Gasteiger partial charge in [0.25, 0.3) is 5.56 Å². The molecule has 1 aromatic heterocycles.